The van der Waals surface area contributed by atoms with E-state index in [0.717, 1.165) is 32.2 Å². The number of carbonyl (C=O) groups is 1. The Balaban J connectivity index is 0.00000243. The van der Waals surface area contributed by atoms with E-state index < -0.39 is 11.6 Å². The summed E-state index contributed by atoms with van der Waals surface area (Å²) in [6.45, 7) is 3.87. The fraction of sp³-hybridized carbons (Fsp3) is 0.412. The second-order valence-electron chi connectivity index (χ2n) is 6.15. The van der Waals surface area contributed by atoms with E-state index in [2.05, 4.69) is 10.4 Å². The molecule has 1 aromatic heterocycles. The molecule has 6 nitrogen and oxygen atoms in total. The van der Waals surface area contributed by atoms with Gasteiger partial charge in [-0.25, -0.2) is 13.5 Å². The minimum atomic E-state index is -0.670. The van der Waals surface area contributed by atoms with Gasteiger partial charge >= 0.3 is 0 Å². The number of nitrogens with one attached hydrogen (secondary N) is 1. The molecule has 0 atom stereocenters. The predicted molar refractivity (Wildman–Crippen MR) is 96.5 cm³/mol. The molecule has 1 N–H and O–H groups in total. The summed E-state index contributed by atoms with van der Waals surface area (Å²) >= 11 is 0. The molecule has 0 saturated carbocycles. The van der Waals surface area contributed by atoms with Gasteiger partial charge in [0, 0.05) is 45.0 Å². The first-order valence-corrected chi connectivity index (χ1v) is 8.20. The van der Waals surface area contributed by atoms with Crippen molar-refractivity contribution in [1.82, 2.24) is 24.9 Å². The van der Waals surface area contributed by atoms with Crippen molar-refractivity contribution in [3.05, 3.63) is 47.8 Å². The summed E-state index contributed by atoms with van der Waals surface area (Å²) in [6, 6.07) is 5.13. The monoisotopic (exact) mass is 385 g/mol. The molecule has 1 saturated heterocycles. The number of hydrogen-bond acceptors (Lipinski definition) is 4. The Labute approximate surface area is 157 Å². The highest BCUT2D eigenvalue weighted by Crippen LogP contribution is 2.14. The van der Waals surface area contributed by atoms with Crippen LogP contribution in [0.4, 0.5) is 8.78 Å². The van der Waals surface area contributed by atoms with Gasteiger partial charge in [0.25, 0.3) is 0 Å². The quantitative estimate of drug-likeness (QED) is 0.846. The van der Waals surface area contributed by atoms with Crippen LogP contribution in [0.1, 0.15) is 5.69 Å². The second kappa shape index (κ2) is 9.07. The Morgan fingerprint density at radius 1 is 1.27 bits per heavy atom. The van der Waals surface area contributed by atoms with Crippen LogP contribution in [-0.4, -0.2) is 65.3 Å². The maximum absolute atomic E-state index is 13.8. The zero-order chi connectivity index (χ0) is 17.8. The van der Waals surface area contributed by atoms with Crippen LogP contribution >= 0.6 is 12.4 Å². The smallest absolute Gasteiger partial charge is 0.236 e. The topological polar surface area (TPSA) is 53.4 Å². The first-order valence-electron chi connectivity index (χ1n) is 8.20. The lowest BCUT2D eigenvalue weighted by Crippen LogP contribution is -2.49. The lowest BCUT2D eigenvalue weighted by molar-refractivity contribution is -0.132. The molecule has 142 valence electrons. The van der Waals surface area contributed by atoms with Crippen molar-refractivity contribution in [3.63, 3.8) is 0 Å². The van der Waals surface area contributed by atoms with Gasteiger partial charge in [-0.05, 0) is 25.2 Å². The molecule has 0 unspecified atom stereocenters. The van der Waals surface area contributed by atoms with Crippen LogP contribution < -0.4 is 5.32 Å². The number of amides is 1. The molecule has 1 amide bonds. The first kappa shape index (κ1) is 20.3. The SMILES string of the molecule is CN(CC(=O)N1CCNCC1)Cc1ccn(-c2ccc(F)cc2F)n1.Cl. The van der Waals surface area contributed by atoms with E-state index in [9.17, 15) is 13.6 Å². The maximum Gasteiger partial charge on any atom is 0.236 e. The molecule has 0 radical (unpaired) electrons. The third-order valence-electron chi connectivity index (χ3n) is 4.11. The van der Waals surface area contributed by atoms with E-state index >= 15 is 0 Å². The molecule has 0 bridgehead atoms. The van der Waals surface area contributed by atoms with Crippen molar-refractivity contribution in [2.45, 2.75) is 6.54 Å². The Kier molecular flexibility index (Phi) is 7.07. The van der Waals surface area contributed by atoms with Crippen LogP contribution in [0.3, 0.4) is 0 Å². The van der Waals surface area contributed by atoms with Crippen molar-refractivity contribution in [3.8, 4) is 5.69 Å². The van der Waals surface area contributed by atoms with Crippen molar-refractivity contribution in [2.75, 3.05) is 39.8 Å². The van der Waals surface area contributed by atoms with Crippen molar-refractivity contribution >= 4 is 18.3 Å². The van der Waals surface area contributed by atoms with Gasteiger partial charge in [0.05, 0.1) is 12.2 Å². The second-order valence-corrected chi connectivity index (χ2v) is 6.15. The van der Waals surface area contributed by atoms with Crippen LogP contribution in [0.2, 0.25) is 0 Å². The van der Waals surface area contributed by atoms with Gasteiger partial charge in [-0.2, -0.15) is 5.10 Å². The number of aromatic nitrogens is 2. The third kappa shape index (κ3) is 5.00. The Hall–Kier alpha value is -2.03. The standard InChI is InChI=1S/C17H21F2N5O.ClH/c1-22(12-17(25)23-8-5-20-6-9-23)11-14-4-7-24(21-14)16-3-2-13(18)10-15(16)19;/h2-4,7,10,20H,5-6,8-9,11-12H2,1H3;1H. The minimum absolute atomic E-state index is 0. The van der Waals surface area contributed by atoms with Gasteiger partial charge in [0.2, 0.25) is 5.91 Å². The highest BCUT2D eigenvalue weighted by Gasteiger charge is 2.18. The average molecular weight is 386 g/mol. The molecule has 26 heavy (non-hydrogen) atoms. The average Bonchev–Trinajstić information content (AvgIpc) is 3.03. The van der Waals surface area contributed by atoms with E-state index in [1.165, 1.54) is 16.8 Å². The van der Waals surface area contributed by atoms with Crippen molar-refractivity contribution in [2.24, 2.45) is 0 Å². The van der Waals surface area contributed by atoms with Gasteiger partial charge in [0.15, 0.2) is 5.82 Å². The van der Waals surface area contributed by atoms with Crippen molar-refractivity contribution in [1.29, 1.82) is 0 Å². The van der Waals surface area contributed by atoms with E-state index in [-0.39, 0.29) is 24.0 Å². The fourth-order valence-electron chi connectivity index (χ4n) is 2.82. The molecular weight excluding hydrogens is 364 g/mol. The molecule has 1 aliphatic rings. The van der Waals surface area contributed by atoms with E-state index in [1.807, 2.05) is 16.8 Å². The van der Waals surface area contributed by atoms with Crippen LogP contribution in [-0.2, 0) is 11.3 Å². The number of benzene rings is 1. The summed E-state index contributed by atoms with van der Waals surface area (Å²) in [7, 11) is 1.84. The number of nitrogens with zero attached hydrogens (tertiary/aromatic N) is 4. The first-order chi connectivity index (χ1) is 12.0. The molecule has 1 fully saturated rings. The molecule has 1 aliphatic heterocycles. The number of halogens is 3. The molecule has 2 aromatic rings. The summed E-state index contributed by atoms with van der Waals surface area (Å²) in [5.74, 6) is -1.20. The number of carbonyl (C=O) groups excluding carboxylic acids is 1. The summed E-state index contributed by atoms with van der Waals surface area (Å²) in [5.41, 5.74) is 0.895. The highest BCUT2D eigenvalue weighted by molar-refractivity contribution is 5.85. The number of hydrogen-bond donors (Lipinski definition) is 1. The van der Waals surface area contributed by atoms with Gasteiger partial charge in [-0.1, -0.05) is 0 Å². The van der Waals surface area contributed by atoms with Crippen LogP contribution in [0.5, 0.6) is 0 Å². The van der Waals surface area contributed by atoms with E-state index in [1.54, 1.807) is 12.3 Å². The summed E-state index contributed by atoms with van der Waals surface area (Å²) in [4.78, 5) is 16.0. The lowest BCUT2D eigenvalue weighted by atomic mass is 10.3. The highest BCUT2D eigenvalue weighted by atomic mass is 35.5. The largest absolute Gasteiger partial charge is 0.339 e. The Bertz CT molecular complexity index is 749. The number of piperazine rings is 1. The Morgan fingerprint density at radius 2 is 2.00 bits per heavy atom. The van der Waals surface area contributed by atoms with Crippen LogP contribution in [0.25, 0.3) is 5.69 Å². The summed E-state index contributed by atoms with van der Waals surface area (Å²) in [6.07, 6.45) is 1.62. The number of likely N-dealkylation sites (N-methyl/N-ethyl adjacent to an activating group) is 1. The molecule has 9 heteroatoms. The van der Waals surface area contributed by atoms with Gasteiger partial charge in [0.1, 0.15) is 11.5 Å². The third-order valence-corrected chi connectivity index (χ3v) is 4.11. The molecular formula is C17H22ClF2N5O. The fourth-order valence-corrected chi connectivity index (χ4v) is 2.82. The van der Waals surface area contributed by atoms with E-state index in [0.29, 0.717) is 18.8 Å². The van der Waals surface area contributed by atoms with Crippen LogP contribution in [0, 0.1) is 11.6 Å². The maximum atomic E-state index is 13.8. The van der Waals surface area contributed by atoms with E-state index in [4.69, 9.17) is 0 Å². The minimum Gasteiger partial charge on any atom is -0.339 e. The summed E-state index contributed by atoms with van der Waals surface area (Å²) in [5, 5.41) is 7.52. The summed E-state index contributed by atoms with van der Waals surface area (Å²) < 4.78 is 28.2. The van der Waals surface area contributed by atoms with Gasteiger partial charge < -0.3 is 10.2 Å². The van der Waals surface area contributed by atoms with Crippen molar-refractivity contribution < 1.29 is 13.6 Å². The van der Waals surface area contributed by atoms with Gasteiger partial charge in [-0.15, -0.1) is 12.4 Å². The molecule has 0 spiro atoms. The predicted octanol–water partition coefficient (Wildman–Crippen LogP) is 1.44. The lowest BCUT2D eigenvalue weighted by Gasteiger charge is -2.29. The molecule has 3 rings (SSSR count). The molecule has 0 aliphatic carbocycles. The number of rotatable bonds is 5. The Morgan fingerprint density at radius 3 is 2.69 bits per heavy atom. The molecule has 1 aromatic carbocycles. The zero-order valence-electron chi connectivity index (χ0n) is 14.5. The van der Waals surface area contributed by atoms with Crippen LogP contribution in [0.15, 0.2) is 30.5 Å². The normalized spacial score (nSPS) is 14.4. The zero-order valence-corrected chi connectivity index (χ0v) is 15.3. The molecule has 2 heterocycles. The van der Waals surface area contributed by atoms with Gasteiger partial charge in [-0.3, -0.25) is 9.69 Å².